The molecule has 0 atom stereocenters. The van der Waals surface area contributed by atoms with Gasteiger partial charge >= 0.3 is 0 Å². The molecule has 0 saturated carbocycles. The summed E-state index contributed by atoms with van der Waals surface area (Å²) in [6, 6.07) is 30.2. The molecule has 1 amide bonds. The molecule has 4 rings (SSSR count). The van der Waals surface area contributed by atoms with E-state index >= 15 is 0 Å². The van der Waals surface area contributed by atoms with E-state index in [4.69, 9.17) is 0 Å². The molecule has 1 aromatic heterocycles. The number of hydrogen-bond donors (Lipinski definition) is 0. The highest BCUT2D eigenvalue weighted by Crippen LogP contribution is 2.26. The van der Waals surface area contributed by atoms with Crippen molar-refractivity contribution in [3.63, 3.8) is 0 Å². The van der Waals surface area contributed by atoms with Gasteiger partial charge in [-0.05, 0) is 11.1 Å². The first-order chi connectivity index (χ1) is 14.2. The number of benzene rings is 3. The highest BCUT2D eigenvalue weighted by atomic mass is 16.2. The Morgan fingerprint density at radius 2 is 1.38 bits per heavy atom. The lowest BCUT2D eigenvalue weighted by Gasteiger charge is -2.18. The van der Waals surface area contributed by atoms with E-state index < -0.39 is 0 Å². The third-order valence-corrected chi connectivity index (χ3v) is 4.90. The first-order valence-corrected chi connectivity index (χ1v) is 9.67. The van der Waals surface area contributed by atoms with Crippen molar-refractivity contribution in [3.05, 3.63) is 114 Å². The van der Waals surface area contributed by atoms with Gasteiger partial charge in [0.2, 0.25) is 0 Å². The molecule has 0 aliphatic heterocycles. The van der Waals surface area contributed by atoms with Crippen LogP contribution >= 0.6 is 0 Å². The van der Waals surface area contributed by atoms with Crippen LogP contribution in [0.3, 0.4) is 0 Å². The van der Waals surface area contributed by atoms with Gasteiger partial charge in [-0.2, -0.15) is 5.10 Å². The molecule has 0 aliphatic rings. The van der Waals surface area contributed by atoms with Gasteiger partial charge in [0.25, 0.3) is 5.91 Å². The number of hydrogen-bond acceptors (Lipinski definition) is 2. The van der Waals surface area contributed by atoms with Crippen LogP contribution in [-0.4, -0.2) is 27.6 Å². The van der Waals surface area contributed by atoms with Crippen molar-refractivity contribution in [3.8, 4) is 11.3 Å². The Labute approximate surface area is 171 Å². The number of nitrogens with zero attached hydrogens (tertiary/aromatic N) is 3. The van der Waals surface area contributed by atoms with E-state index in [1.54, 1.807) is 11.1 Å². The fraction of sp³-hybridized carbons (Fsp3) is 0.120. The summed E-state index contributed by atoms with van der Waals surface area (Å²) in [7, 11) is 1.83. The van der Waals surface area contributed by atoms with Crippen LogP contribution in [0, 0.1) is 0 Å². The molecule has 0 bridgehead atoms. The second kappa shape index (κ2) is 8.57. The molecule has 0 unspecified atom stereocenters. The third kappa shape index (κ3) is 4.27. The van der Waals surface area contributed by atoms with E-state index in [2.05, 4.69) is 17.2 Å². The highest BCUT2D eigenvalue weighted by Gasteiger charge is 2.22. The Balaban J connectivity index is 1.68. The van der Waals surface area contributed by atoms with Crippen molar-refractivity contribution in [2.45, 2.75) is 13.1 Å². The molecule has 1 heterocycles. The number of amides is 1. The molecule has 0 aliphatic carbocycles. The fourth-order valence-electron chi connectivity index (χ4n) is 3.45. The topological polar surface area (TPSA) is 38.1 Å². The Hall–Kier alpha value is -3.66. The van der Waals surface area contributed by atoms with Crippen LogP contribution in [0.25, 0.3) is 11.3 Å². The maximum Gasteiger partial charge on any atom is 0.257 e. The van der Waals surface area contributed by atoms with Gasteiger partial charge in [0.05, 0.1) is 24.0 Å². The third-order valence-electron chi connectivity index (χ3n) is 4.90. The van der Waals surface area contributed by atoms with Crippen LogP contribution in [0.5, 0.6) is 0 Å². The second-order valence-corrected chi connectivity index (χ2v) is 7.06. The van der Waals surface area contributed by atoms with Crippen molar-refractivity contribution in [2.24, 2.45) is 0 Å². The Morgan fingerprint density at radius 3 is 2.00 bits per heavy atom. The van der Waals surface area contributed by atoms with Gasteiger partial charge in [0, 0.05) is 19.2 Å². The minimum atomic E-state index is -0.0352. The molecule has 4 nitrogen and oxygen atoms in total. The quantitative estimate of drug-likeness (QED) is 0.478. The highest BCUT2D eigenvalue weighted by molar-refractivity contribution is 5.99. The molecule has 0 radical (unpaired) electrons. The van der Waals surface area contributed by atoms with Gasteiger partial charge in [-0.15, -0.1) is 0 Å². The average molecular weight is 381 g/mol. The SMILES string of the molecule is CN(Cc1ccccc1)C(=O)c1cnn(Cc2ccccc2)c1-c1ccccc1. The van der Waals surface area contributed by atoms with Crippen molar-refractivity contribution >= 4 is 5.91 Å². The monoisotopic (exact) mass is 381 g/mol. The second-order valence-electron chi connectivity index (χ2n) is 7.06. The largest absolute Gasteiger partial charge is 0.337 e. The number of aromatic nitrogens is 2. The molecule has 144 valence electrons. The van der Waals surface area contributed by atoms with Gasteiger partial charge < -0.3 is 4.90 Å². The van der Waals surface area contributed by atoms with Crippen LogP contribution < -0.4 is 0 Å². The number of carbonyl (C=O) groups excluding carboxylic acids is 1. The first kappa shape index (κ1) is 18.7. The van der Waals surface area contributed by atoms with E-state index in [1.807, 2.05) is 90.6 Å². The summed E-state index contributed by atoms with van der Waals surface area (Å²) in [5.74, 6) is -0.0352. The summed E-state index contributed by atoms with van der Waals surface area (Å²) >= 11 is 0. The van der Waals surface area contributed by atoms with E-state index in [9.17, 15) is 4.79 Å². The normalized spacial score (nSPS) is 10.7. The number of carbonyl (C=O) groups is 1. The summed E-state index contributed by atoms with van der Waals surface area (Å²) in [5, 5.41) is 4.57. The fourth-order valence-corrected chi connectivity index (χ4v) is 3.45. The van der Waals surface area contributed by atoms with Crippen molar-refractivity contribution < 1.29 is 4.79 Å². The zero-order valence-electron chi connectivity index (χ0n) is 16.4. The van der Waals surface area contributed by atoms with E-state index in [0.29, 0.717) is 18.7 Å². The predicted molar refractivity (Wildman–Crippen MR) is 115 cm³/mol. The van der Waals surface area contributed by atoms with Crippen LogP contribution in [0.1, 0.15) is 21.5 Å². The van der Waals surface area contributed by atoms with Crippen molar-refractivity contribution in [2.75, 3.05) is 7.05 Å². The lowest BCUT2D eigenvalue weighted by Crippen LogP contribution is -2.26. The first-order valence-electron chi connectivity index (χ1n) is 9.67. The van der Waals surface area contributed by atoms with E-state index in [-0.39, 0.29) is 5.91 Å². The zero-order valence-corrected chi connectivity index (χ0v) is 16.4. The molecular weight excluding hydrogens is 358 g/mol. The molecule has 0 fully saturated rings. The number of rotatable bonds is 6. The molecule has 0 saturated heterocycles. The van der Waals surface area contributed by atoms with E-state index in [0.717, 1.165) is 22.4 Å². The smallest absolute Gasteiger partial charge is 0.257 e. The molecular formula is C25H23N3O. The zero-order chi connectivity index (χ0) is 20.1. The summed E-state index contributed by atoms with van der Waals surface area (Å²) in [5.41, 5.74) is 4.69. The summed E-state index contributed by atoms with van der Waals surface area (Å²) < 4.78 is 1.91. The maximum absolute atomic E-state index is 13.3. The minimum Gasteiger partial charge on any atom is -0.337 e. The lowest BCUT2D eigenvalue weighted by atomic mass is 10.1. The van der Waals surface area contributed by atoms with Crippen LogP contribution in [-0.2, 0) is 13.1 Å². The maximum atomic E-state index is 13.3. The Bertz CT molecular complexity index is 1070. The standard InChI is InChI=1S/C25H23N3O/c1-27(18-20-11-5-2-6-12-20)25(29)23-17-26-28(19-21-13-7-3-8-14-21)24(23)22-15-9-4-10-16-22/h2-17H,18-19H2,1H3. The van der Waals surface area contributed by atoms with E-state index in [1.165, 1.54) is 0 Å². The predicted octanol–water partition coefficient (Wildman–Crippen LogP) is 4.87. The van der Waals surface area contributed by atoms with Crippen LogP contribution in [0.2, 0.25) is 0 Å². The van der Waals surface area contributed by atoms with Gasteiger partial charge in [-0.25, -0.2) is 0 Å². The lowest BCUT2D eigenvalue weighted by molar-refractivity contribution is 0.0786. The van der Waals surface area contributed by atoms with Gasteiger partial charge in [-0.1, -0.05) is 91.0 Å². The summed E-state index contributed by atoms with van der Waals surface area (Å²) in [6.07, 6.45) is 1.69. The van der Waals surface area contributed by atoms with Crippen molar-refractivity contribution in [1.29, 1.82) is 0 Å². The average Bonchev–Trinajstić information content (AvgIpc) is 3.18. The summed E-state index contributed by atoms with van der Waals surface area (Å²) in [4.78, 5) is 15.0. The van der Waals surface area contributed by atoms with Crippen molar-refractivity contribution in [1.82, 2.24) is 14.7 Å². The summed E-state index contributed by atoms with van der Waals surface area (Å²) in [6.45, 7) is 1.17. The molecule has 3 aromatic carbocycles. The molecule has 0 spiro atoms. The van der Waals surface area contributed by atoms with Gasteiger partial charge in [0.15, 0.2) is 0 Å². The minimum absolute atomic E-state index is 0.0352. The Kier molecular flexibility index (Phi) is 5.52. The molecule has 4 aromatic rings. The van der Waals surface area contributed by atoms with Crippen LogP contribution in [0.4, 0.5) is 0 Å². The van der Waals surface area contributed by atoms with Gasteiger partial charge in [0.1, 0.15) is 0 Å². The molecule has 29 heavy (non-hydrogen) atoms. The molecule has 4 heteroatoms. The Morgan fingerprint density at radius 1 is 0.828 bits per heavy atom. The van der Waals surface area contributed by atoms with Gasteiger partial charge in [-0.3, -0.25) is 9.48 Å². The van der Waals surface area contributed by atoms with Crippen LogP contribution in [0.15, 0.2) is 97.2 Å². The molecule has 0 N–H and O–H groups in total.